The molecule has 1 unspecified atom stereocenters. The summed E-state index contributed by atoms with van der Waals surface area (Å²) in [6.07, 6.45) is 8.55. The third-order valence-corrected chi connectivity index (χ3v) is 5.08. The molecule has 0 aliphatic rings. The Bertz CT molecular complexity index is 956. The molecular formula is C23H28N4O3. The molecule has 2 aromatic heterocycles. The van der Waals surface area contributed by atoms with Crippen molar-refractivity contribution in [1.29, 1.82) is 0 Å². The molecular weight excluding hydrogens is 380 g/mol. The Morgan fingerprint density at radius 1 is 1.13 bits per heavy atom. The first-order valence-corrected chi connectivity index (χ1v) is 9.97. The van der Waals surface area contributed by atoms with E-state index in [0.717, 1.165) is 29.8 Å². The molecule has 7 heteroatoms. The van der Waals surface area contributed by atoms with Crippen molar-refractivity contribution in [2.24, 2.45) is 0 Å². The van der Waals surface area contributed by atoms with Crippen LogP contribution in [0.25, 0.3) is 0 Å². The predicted octanol–water partition coefficient (Wildman–Crippen LogP) is 3.14. The number of ether oxygens (including phenoxy) is 2. The minimum Gasteiger partial charge on any atom is -0.493 e. The van der Waals surface area contributed by atoms with Crippen molar-refractivity contribution < 1.29 is 14.3 Å². The van der Waals surface area contributed by atoms with Crippen molar-refractivity contribution in [3.63, 3.8) is 0 Å². The molecule has 1 N–H and O–H groups in total. The van der Waals surface area contributed by atoms with Crippen LogP contribution in [0.5, 0.6) is 11.5 Å². The topological polar surface area (TPSA) is 78.3 Å². The molecule has 158 valence electrons. The number of carbonyl (C=O) groups excluding carboxylic acids is 1. The highest BCUT2D eigenvalue weighted by atomic mass is 16.5. The number of nitrogens with zero attached hydrogens (tertiary/aromatic N) is 3. The molecule has 0 radical (unpaired) electrons. The number of nitrogens with one attached hydrogen (secondary N) is 1. The standard InChI is InChI=1S/C23H28N4O3/c1-17-14-25-16-27(17)11-5-10-26-23(28)20(12-18-6-4-9-24-15-18)19-7-8-21(29-2)22(13-19)30-3/h4,6-9,13-16,20H,5,10-12H2,1-3H3,(H,26,28). The number of hydrogen-bond donors (Lipinski definition) is 1. The Balaban J connectivity index is 1.72. The third kappa shape index (κ3) is 5.37. The lowest BCUT2D eigenvalue weighted by Crippen LogP contribution is -2.32. The molecule has 1 aromatic carbocycles. The van der Waals surface area contributed by atoms with Crippen LogP contribution in [0.2, 0.25) is 0 Å². The number of hydrogen-bond acceptors (Lipinski definition) is 5. The molecule has 0 saturated carbocycles. The largest absolute Gasteiger partial charge is 0.493 e. The molecule has 1 atom stereocenters. The lowest BCUT2D eigenvalue weighted by atomic mass is 9.91. The first-order valence-electron chi connectivity index (χ1n) is 9.97. The van der Waals surface area contributed by atoms with Gasteiger partial charge < -0.3 is 19.4 Å². The van der Waals surface area contributed by atoms with Gasteiger partial charge in [0, 0.05) is 37.4 Å². The van der Waals surface area contributed by atoms with Crippen LogP contribution in [0, 0.1) is 6.92 Å². The van der Waals surface area contributed by atoms with Gasteiger partial charge in [-0.3, -0.25) is 9.78 Å². The third-order valence-electron chi connectivity index (χ3n) is 5.08. The van der Waals surface area contributed by atoms with E-state index in [1.54, 1.807) is 26.6 Å². The number of methoxy groups -OCH3 is 2. The predicted molar refractivity (Wildman–Crippen MR) is 115 cm³/mol. The van der Waals surface area contributed by atoms with Crippen LogP contribution >= 0.6 is 0 Å². The van der Waals surface area contributed by atoms with Crippen LogP contribution < -0.4 is 14.8 Å². The van der Waals surface area contributed by atoms with Crippen LogP contribution in [0.4, 0.5) is 0 Å². The fraction of sp³-hybridized carbons (Fsp3) is 0.348. The molecule has 0 fully saturated rings. The van der Waals surface area contributed by atoms with Gasteiger partial charge in [-0.25, -0.2) is 4.98 Å². The number of pyridine rings is 1. The van der Waals surface area contributed by atoms with Crippen molar-refractivity contribution in [2.45, 2.75) is 32.2 Å². The average molecular weight is 409 g/mol. The van der Waals surface area contributed by atoms with Gasteiger partial charge in [0.05, 0.1) is 26.5 Å². The Morgan fingerprint density at radius 3 is 2.63 bits per heavy atom. The highest BCUT2D eigenvalue weighted by Gasteiger charge is 2.22. The Kier molecular flexibility index (Phi) is 7.43. The Hall–Kier alpha value is -3.35. The monoisotopic (exact) mass is 408 g/mol. The maximum Gasteiger partial charge on any atom is 0.227 e. The number of rotatable bonds is 10. The zero-order chi connectivity index (χ0) is 21.3. The van der Waals surface area contributed by atoms with Gasteiger partial charge in [0.15, 0.2) is 11.5 Å². The van der Waals surface area contributed by atoms with Gasteiger partial charge in [-0.05, 0) is 49.1 Å². The van der Waals surface area contributed by atoms with E-state index in [1.807, 2.05) is 49.8 Å². The minimum absolute atomic E-state index is 0.0200. The van der Waals surface area contributed by atoms with Crippen LogP contribution in [-0.2, 0) is 17.8 Å². The highest BCUT2D eigenvalue weighted by molar-refractivity contribution is 5.84. The maximum atomic E-state index is 13.1. The smallest absolute Gasteiger partial charge is 0.227 e. The molecule has 0 aliphatic carbocycles. The summed E-state index contributed by atoms with van der Waals surface area (Å²) in [7, 11) is 3.19. The summed E-state index contributed by atoms with van der Waals surface area (Å²) in [5.41, 5.74) is 2.99. The molecule has 7 nitrogen and oxygen atoms in total. The van der Waals surface area contributed by atoms with E-state index in [0.29, 0.717) is 24.5 Å². The van der Waals surface area contributed by atoms with Crippen LogP contribution in [0.3, 0.4) is 0 Å². The van der Waals surface area contributed by atoms with E-state index in [9.17, 15) is 4.79 Å². The number of carbonyl (C=O) groups is 1. The zero-order valence-corrected chi connectivity index (χ0v) is 17.7. The van der Waals surface area contributed by atoms with E-state index in [-0.39, 0.29) is 11.8 Å². The molecule has 1 amide bonds. The first kappa shape index (κ1) is 21.4. The fourth-order valence-corrected chi connectivity index (χ4v) is 3.39. The summed E-state index contributed by atoms with van der Waals surface area (Å²) in [5, 5.41) is 3.08. The van der Waals surface area contributed by atoms with Crippen molar-refractivity contribution in [3.05, 3.63) is 72.1 Å². The van der Waals surface area contributed by atoms with E-state index >= 15 is 0 Å². The minimum atomic E-state index is -0.357. The van der Waals surface area contributed by atoms with Crippen molar-refractivity contribution in [3.8, 4) is 11.5 Å². The van der Waals surface area contributed by atoms with E-state index < -0.39 is 0 Å². The normalized spacial score (nSPS) is 11.7. The van der Waals surface area contributed by atoms with Crippen molar-refractivity contribution in [2.75, 3.05) is 20.8 Å². The summed E-state index contributed by atoms with van der Waals surface area (Å²) in [5.74, 6) is 0.865. The summed E-state index contributed by atoms with van der Waals surface area (Å²) in [6.45, 7) is 3.43. The summed E-state index contributed by atoms with van der Waals surface area (Å²) in [6, 6.07) is 9.48. The highest BCUT2D eigenvalue weighted by Crippen LogP contribution is 2.32. The van der Waals surface area contributed by atoms with Crippen molar-refractivity contribution in [1.82, 2.24) is 19.9 Å². The average Bonchev–Trinajstić information content (AvgIpc) is 3.19. The first-order chi connectivity index (χ1) is 14.6. The fourth-order valence-electron chi connectivity index (χ4n) is 3.39. The van der Waals surface area contributed by atoms with Gasteiger partial charge in [0.1, 0.15) is 0 Å². The van der Waals surface area contributed by atoms with E-state index in [2.05, 4.69) is 19.9 Å². The lowest BCUT2D eigenvalue weighted by molar-refractivity contribution is -0.122. The van der Waals surface area contributed by atoms with E-state index in [1.165, 1.54) is 0 Å². The lowest BCUT2D eigenvalue weighted by Gasteiger charge is -2.19. The van der Waals surface area contributed by atoms with Crippen molar-refractivity contribution >= 4 is 5.91 Å². The molecule has 3 aromatic rings. The summed E-state index contributed by atoms with van der Waals surface area (Å²) < 4.78 is 12.8. The molecule has 0 aliphatic heterocycles. The number of aromatic nitrogens is 3. The summed E-state index contributed by atoms with van der Waals surface area (Å²) >= 11 is 0. The second-order valence-electron chi connectivity index (χ2n) is 7.11. The maximum absolute atomic E-state index is 13.1. The molecule has 0 bridgehead atoms. The molecule has 2 heterocycles. The summed E-state index contributed by atoms with van der Waals surface area (Å²) in [4.78, 5) is 21.4. The van der Waals surface area contributed by atoms with Gasteiger partial charge in [0.25, 0.3) is 0 Å². The number of amides is 1. The molecule has 0 spiro atoms. The Labute approximate surface area is 177 Å². The quantitative estimate of drug-likeness (QED) is 0.522. The van der Waals surface area contributed by atoms with Crippen LogP contribution in [-0.4, -0.2) is 41.2 Å². The zero-order valence-electron chi connectivity index (χ0n) is 17.7. The van der Waals surface area contributed by atoms with Gasteiger partial charge in [-0.2, -0.15) is 0 Å². The van der Waals surface area contributed by atoms with Gasteiger partial charge >= 0.3 is 0 Å². The van der Waals surface area contributed by atoms with Crippen LogP contribution in [0.15, 0.2) is 55.2 Å². The second-order valence-corrected chi connectivity index (χ2v) is 7.11. The Morgan fingerprint density at radius 2 is 1.97 bits per heavy atom. The number of benzene rings is 1. The molecule has 0 saturated heterocycles. The SMILES string of the molecule is COc1ccc(C(Cc2cccnc2)C(=O)NCCCn2cncc2C)cc1OC. The van der Waals surface area contributed by atoms with Gasteiger partial charge in [0.2, 0.25) is 5.91 Å². The molecule has 30 heavy (non-hydrogen) atoms. The number of imidazole rings is 1. The van der Waals surface area contributed by atoms with Gasteiger partial charge in [-0.15, -0.1) is 0 Å². The number of aryl methyl sites for hydroxylation is 2. The van der Waals surface area contributed by atoms with Gasteiger partial charge in [-0.1, -0.05) is 12.1 Å². The van der Waals surface area contributed by atoms with E-state index in [4.69, 9.17) is 9.47 Å². The van der Waals surface area contributed by atoms with Crippen LogP contribution in [0.1, 0.15) is 29.2 Å². The molecule has 3 rings (SSSR count). The second kappa shape index (κ2) is 10.4.